The van der Waals surface area contributed by atoms with Gasteiger partial charge in [-0.05, 0) is 36.8 Å². The highest BCUT2D eigenvalue weighted by molar-refractivity contribution is 7.92. The molecular weight excluding hydrogens is 404 g/mol. The molecule has 0 fully saturated rings. The van der Waals surface area contributed by atoms with Crippen LogP contribution in [-0.4, -0.2) is 46.0 Å². The molecule has 0 bridgehead atoms. The Kier molecular flexibility index (Phi) is 6.54. The minimum Gasteiger partial charge on any atom is -0.468 e. The molecule has 2 aromatic carbocycles. The molecule has 0 radical (unpaired) electrons. The maximum atomic E-state index is 13.2. The van der Waals surface area contributed by atoms with Crippen molar-refractivity contribution in [3.05, 3.63) is 63.7 Å². The number of hydrogen-bond donors (Lipinski definition) is 0. The Balaban J connectivity index is 2.62. The zero-order chi connectivity index (χ0) is 21.8. The van der Waals surface area contributed by atoms with E-state index in [1.54, 1.807) is 6.92 Å². The first kappa shape index (κ1) is 21.8. The lowest BCUT2D eigenvalue weighted by molar-refractivity contribution is -0.384. The van der Waals surface area contributed by atoms with Gasteiger partial charge in [0, 0.05) is 12.1 Å². The van der Waals surface area contributed by atoms with Gasteiger partial charge in [-0.25, -0.2) is 13.2 Å². The number of nitro groups is 1. The molecule has 0 aliphatic carbocycles. The summed E-state index contributed by atoms with van der Waals surface area (Å²) >= 11 is 0. The molecule has 154 valence electrons. The molecule has 0 amide bonds. The van der Waals surface area contributed by atoms with Crippen LogP contribution in [0.15, 0.2) is 47.4 Å². The van der Waals surface area contributed by atoms with Crippen molar-refractivity contribution < 1.29 is 32.4 Å². The molecule has 10 nitrogen and oxygen atoms in total. The van der Waals surface area contributed by atoms with Gasteiger partial charge in [-0.15, -0.1) is 0 Å². The quantitative estimate of drug-likeness (QED) is 0.376. The number of nitro benzene ring substituents is 1. The van der Waals surface area contributed by atoms with Crippen molar-refractivity contribution in [2.24, 2.45) is 0 Å². The van der Waals surface area contributed by atoms with E-state index in [1.165, 1.54) is 25.3 Å². The Morgan fingerprint density at radius 1 is 1.07 bits per heavy atom. The number of esters is 2. The van der Waals surface area contributed by atoms with E-state index in [2.05, 4.69) is 9.47 Å². The number of rotatable bonds is 7. The summed E-state index contributed by atoms with van der Waals surface area (Å²) in [4.78, 5) is 33.6. The van der Waals surface area contributed by atoms with E-state index in [1.807, 2.05) is 0 Å². The Morgan fingerprint density at radius 2 is 1.69 bits per heavy atom. The molecule has 0 spiro atoms. The largest absolute Gasteiger partial charge is 0.468 e. The van der Waals surface area contributed by atoms with Gasteiger partial charge in [0.2, 0.25) is 0 Å². The summed E-state index contributed by atoms with van der Waals surface area (Å²) in [5, 5.41) is 10.8. The van der Waals surface area contributed by atoms with E-state index >= 15 is 0 Å². The van der Waals surface area contributed by atoms with Crippen LogP contribution in [0.3, 0.4) is 0 Å². The first-order chi connectivity index (χ1) is 13.6. The van der Waals surface area contributed by atoms with Gasteiger partial charge < -0.3 is 9.47 Å². The topological polar surface area (TPSA) is 133 Å². The van der Waals surface area contributed by atoms with Crippen LogP contribution in [0.5, 0.6) is 0 Å². The fourth-order valence-corrected chi connectivity index (χ4v) is 3.94. The summed E-state index contributed by atoms with van der Waals surface area (Å²) < 4.78 is 36.4. The van der Waals surface area contributed by atoms with Gasteiger partial charge in [-0.1, -0.05) is 6.07 Å². The van der Waals surface area contributed by atoms with Gasteiger partial charge in [0.05, 0.1) is 35.3 Å². The molecule has 0 aliphatic rings. The van der Waals surface area contributed by atoms with E-state index < -0.39 is 33.4 Å². The number of anilines is 1. The number of methoxy groups -OCH3 is 2. The minimum absolute atomic E-state index is 0.0663. The van der Waals surface area contributed by atoms with Crippen LogP contribution in [0.1, 0.15) is 15.9 Å². The molecule has 0 N–H and O–H groups in total. The Hall–Kier alpha value is -3.47. The third kappa shape index (κ3) is 4.69. The summed E-state index contributed by atoms with van der Waals surface area (Å²) in [7, 11) is -2.03. The maximum Gasteiger partial charge on any atom is 0.337 e. The molecule has 11 heteroatoms. The van der Waals surface area contributed by atoms with E-state index in [4.69, 9.17) is 0 Å². The van der Waals surface area contributed by atoms with Crippen molar-refractivity contribution in [3.8, 4) is 0 Å². The van der Waals surface area contributed by atoms with E-state index in [-0.39, 0.29) is 21.8 Å². The van der Waals surface area contributed by atoms with Crippen LogP contribution in [0.25, 0.3) is 0 Å². The fraction of sp³-hybridized carbons (Fsp3) is 0.222. The van der Waals surface area contributed by atoms with Crippen molar-refractivity contribution in [1.29, 1.82) is 0 Å². The Morgan fingerprint density at radius 3 is 2.21 bits per heavy atom. The highest BCUT2D eigenvalue weighted by Crippen LogP contribution is 2.29. The fourth-order valence-electron chi connectivity index (χ4n) is 2.47. The highest BCUT2D eigenvalue weighted by Gasteiger charge is 2.29. The van der Waals surface area contributed by atoms with Crippen LogP contribution in [-0.2, 0) is 24.3 Å². The van der Waals surface area contributed by atoms with Crippen molar-refractivity contribution in [1.82, 2.24) is 0 Å². The van der Waals surface area contributed by atoms with Crippen molar-refractivity contribution in [2.75, 3.05) is 25.1 Å². The predicted octanol–water partition coefficient (Wildman–Crippen LogP) is 2.06. The molecule has 2 rings (SSSR count). The number of carbonyl (C=O) groups excluding carboxylic acids is 2. The molecule has 0 saturated heterocycles. The number of sulfonamides is 1. The Labute approximate surface area is 166 Å². The summed E-state index contributed by atoms with van der Waals surface area (Å²) in [6.45, 7) is 0.938. The highest BCUT2D eigenvalue weighted by atomic mass is 32.2. The van der Waals surface area contributed by atoms with Crippen molar-refractivity contribution >= 4 is 33.3 Å². The molecule has 0 aliphatic heterocycles. The minimum atomic E-state index is -4.32. The number of aryl methyl sites for hydroxylation is 1. The molecule has 0 saturated carbocycles. The van der Waals surface area contributed by atoms with Crippen LogP contribution in [0, 0.1) is 17.0 Å². The van der Waals surface area contributed by atoms with E-state index in [9.17, 15) is 28.1 Å². The first-order valence-corrected chi connectivity index (χ1v) is 9.58. The normalized spacial score (nSPS) is 10.9. The lowest BCUT2D eigenvalue weighted by atomic mass is 10.1. The number of benzene rings is 2. The molecule has 2 aromatic rings. The van der Waals surface area contributed by atoms with Crippen LogP contribution in [0.4, 0.5) is 11.4 Å². The monoisotopic (exact) mass is 422 g/mol. The molecule has 0 unspecified atom stereocenters. The van der Waals surface area contributed by atoms with E-state index in [0.717, 1.165) is 35.7 Å². The maximum absolute atomic E-state index is 13.2. The van der Waals surface area contributed by atoms with Gasteiger partial charge in [-0.3, -0.25) is 19.2 Å². The lowest BCUT2D eigenvalue weighted by Crippen LogP contribution is -2.37. The van der Waals surface area contributed by atoms with Crippen molar-refractivity contribution in [2.45, 2.75) is 11.8 Å². The van der Waals surface area contributed by atoms with Crippen molar-refractivity contribution in [3.63, 3.8) is 0 Å². The van der Waals surface area contributed by atoms with Crippen LogP contribution >= 0.6 is 0 Å². The summed E-state index contributed by atoms with van der Waals surface area (Å²) in [5.74, 6) is -1.52. The zero-order valence-corrected chi connectivity index (χ0v) is 16.6. The molecular formula is C18H18N2O8S. The van der Waals surface area contributed by atoms with Gasteiger partial charge in [-0.2, -0.15) is 0 Å². The number of nitrogens with zero attached hydrogens (tertiary/aromatic N) is 2. The van der Waals surface area contributed by atoms with Gasteiger partial charge >= 0.3 is 11.9 Å². The third-order valence-electron chi connectivity index (χ3n) is 4.03. The smallest absolute Gasteiger partial charge is 0.337 e. The summed E-state index contributed by atoms with van der Waals surface area (Å²) in [5.41, 5.74) is 0.331. The zero-order valence-electron chi connectivity index (χ0n) is 15.8. The lowest BCUT2D eigenvalue weighted by Gasteiger charge is -2.25. The number of ether oxygens (including phenoxy) is 2. The number of non-ortho nitro benzene ring substituents is 1. The third-order valence-corrected chi connectivity index (χ3v) is 5.81. The van der Waals surface area contributed by atoms with Gasteiger partial charge in [0.15, 0.2) is 0 Å². The first-order valence-electron chi connectivity index (χ1n) is 8.14. The van der Waals surface area contributed by atoms with Crippen LogP contribution in [0.2, 0.25) is 0 Å². The van der Waals surface area contributed by atoms with Crippen LogP contribution < -0.4 is 4.31 Å². The molecule has 0 heterocycles. The Bertz CT molecular complexity index is 1050. The average molecular weight is 422 g/mol. The molecule has 0 aromatic heterocycles. The molecule has 29 heavy (non-hydrogen) atoms. The number of hydrogen-bond acceptors (Lipinski definition) is 8. The second-order valence-electron chi connectivity index (χ2n) is 5.83. The second kappa shape index (κ2) is 8.69. The predicted molar refractivity (Wildman–Crippen MR) is 102 cm³/mol. The number of carbonyl (C=O) groups is 2. The standard InChI is InChI=1S/C18H18N2O8S/c1-12-4-5-13(18(22)28-3)10-16(12)19(11-17(21)27-2)29(25,26)15-8-6-14(7-9-15)20(23)24/h4-10H,11H2,1-3H3. The average Bonchev–Trinajstić information content (AvgIpc) is 2.71. The SMILES string of the molecule is COC(=O)CN(c1cc(C(=O)OC)ccc1C)S(=O)(=O)c1ccc([N+](=O)[O-])cc1. The molecule has 0 atom stereocenters. The van der Waals surface area contributed by atoms with Gasteiger partial charge in [0.1, 0.15) is 6.54 Å². The second-order valence-corrected chi connectivity index (χ2v) is 7.69. The summed E-state index contributed by atoms with van der Waals surface area (Å²) in [6, 6.07) is 8.47. The van der Waals surface area contributed by atoms with Gasteiger partial charge in [0.25, 0.3) is 15.7 Å². The summed E-state index contributed by atoms with van der Waals surface area (Å²) in [6.07, 6.45) is 0. The van der Waals surface area contributed by atoms with E-state index in [0.29, 0.717) is 5.56 Å².